The molecule has 0 aromatic rings. The highest BCUT2D eigenvalue weighted by Gasteiger charge is 2.30. The van der Waals surface area contributed by atoms with Gasteiger partial charge in [0.1, 0.15) is 5.60 Å². The first-order valence-corrected chi connectivity index (χ1v) is 6.24. The van der Waals surface area contributed by atoms with Gasteiger partial charge < -0.3 is 15.2 Å². The molecule has 1 saturated heterocycles. The predicted molar refractivity (Wildman–Crippen MR) is 67.5 cm³/mol. The molecule has 0 aliphatic carbocycles. The zero-order chi connectivity index (χ0) is 14.6. The van der Waals surface area contributed by atoms with Crippen molar-refractivity contribution >= 4 is 12.1 Å². The van der Waals surface area contributed by atoms with E-state index >= 15 is 0 Å². The monoisotopic (exact) mass is 274 g/mol. The minimum atomic E-state index is -0.895. The van der Waals surface area contributed by atoms with E-state index in [1.54, 1.807) is 27.8 Å². The Bertz CT molecular complexity index is 340. The van der Waals surface area contributed by atoms with Gasteiger partial charge in [-0.1, -0.05) is 0 Å². The van der Waals surface area contributed by atoms with E-state index in [1.807, 2.05) is 0 Å². The number of nitrogens with one attached hydrogen (secondary N) is 1. The van der Waals surface area contributed by atoms with E-state index in [9.17, 15) is 9.59 Å². The number of alkyl carbamates (subject to hydrolysis) is 1. The number of amides is 1. The SMILES string of the molecule is CN1CC(C(=O)O)C[C@H](NC(=O)OC(C)(C)C)CO1. The summed E-state index contributed by atoms with van der Waals surface area (Å²) in [6.07, 6.45) is -0.242. The lowest BCUT2D eigenvalue weighted by Gasteiger charge is -2.23. The number of rotatable bonds is 2. The molecule has 1 unspecified atom stereocenters. The lowest BCUT2D eigenvalue weighted by atomic mass is 10.0. The first-order valence-electron chi connectivity index (χ1n) is 6.24. The Morgan fingerprint density at radius 2 is 2.05 bits per heavy atom. The molecule has 0 bridgehead atoms. The molecule has 1 aliphatic heterocycles. The molecule has 1 fully saturated rings. The molecule has 1 aliphatic rings. The molecule has 1 amide bonds. The fourth-order valence-electron chi connectivity index (χ4n) is 1.82. The maximum Gasteiger partial charge on any atom is 0.407 e. The molecule has 0 aromatic carbocycles. The summed E-state index contributed by atoms with van der Waals surface area (Å²) in [7, 11) is 1.67. The van der Waals surface area contributed by atoms with Crippen LogP contribution in [0.25, 0.3) is 0 Å². The normalized spacial score (nSPS) is 25.5. The predicted octanol–water partition coefficient (Wildman–Crippen LogP) is 0.848. The number of carbonyl (C=O) groups excluding carboxylic acids is 1. The molecular formula is C12H22N2O5. The smallest absolute Gasteiger partial charge is 0.407 e. The van der Waals surface area contributed by atoms with Gasteiger partial charge >= 0.3 is 12.1 Å². The summed E-state index contributed by atoms with van der Waals surface area (Å²) >= 11 is 0. The van der Waals surface area contributed by atoms with Crippen LogP contribution >= 0.6 is 0 Å². The number of hydrogen-bond donors (Lipinski definition) is 2. The minimum Gasteiger partial charge on any atom is -0.481 e. The lowest BCUT2D eigenvalue weighted by Crippen LogP contribution is -2.42. The van der Waals surface area contributed by atoms with Crippen molar-refractivity contribution < 1.29 is 24.3 Å². The molecule has 0 spiro atoms. The first kappa shape index (κ1) is 15.7. The fraction of sp³-hybridized carbons (Fsp3) is 0.833. The van der Waals surface area contributed by atoms with Crippen LogP contribution in [0.3, 0.4) is 0 Å². The summed E-state index contributed by atoms with van der Waals surface area (Å²) in [5, 5.41) is 13.2. The number of aliphatic carboxylic acids is 1. The van der Waals surface area contributed by atoms with Crippen LogP contribution in [-0.4, -0.2) is 54.1 Å². The van der Waals surface area contributed by atoms with Crippen molar-refractivity contribution in [1.29, 1.82) is 0 Å². The number of nitrogens with zero attached hydrogens (tertiary/aromatic N) is 1. The number of hydrogen-bond acceptors (Lipinski definition) is 5. The second-order valence-corrected chi connectivity index (χ2v) is 5.72. The van der Waals surface area contributed by atoms with Crippen molar-refractivity contribution in [2.75, 3.05) is 20.2 Å². The van der Waals surface area contributed by atoms with Crippen molar-refractivity contribution in [3.05, 3.63) is 0 Å². The quantitative estimate of drug-likeness (QED) is 0.776. The largest absolute Gasteiger partial charge is 0.481 e. The van der Waals surface area contributed by atoms with Crippen LogP contribution in [-0.2, 0) is 14.4 Å². The molecule has 2 atom stereocenters. The summed E-state index contributed by atoms with van der Waals surface area (Å²) in [6, 6.07) is -0.374. The molecule has 1 heterocycles. The number of carbonyl (C=O) groups is 2. The summed E-state index contributed by atoms with van der Waals surface area (Å²) in [5.74, 6) is -1.47. The highest BCUT2D eigenvalue weighted by molar-refractivity contribution is 5.71. The molecule has 1 rings (SSSR count). The Balaban J connectivity index is 2.57. The van der Waals surface area contributed by atoms with E-state index in [4.69, 9.17) is 14.7 Å². The lowest BCUT2D eigenvalue weighted by molar-refractivity contribution is -0.154. The molecule has 2 N–H and O–H groups in total. The molecule has 0 aromatic heterocycles. The van der Waals surface area contributed by atoms with Crippen LogP contribution in [0.1, 0.15) is 27.2 Å². The second-order valence-electron chi connectivity index (χ2n) is 5.72. The van der Waals surface area contributed by atoms with Gasteiger partial charge in [-0.05, 0) is 27.2 Å². The fourth-order valence-corrected chi connectivity index (χ4v) is 1.82. The van der Waals surface area contributed by atoms with E-state index in [2.05, 4.69) is 5.32 Å². The van der Waals surface area contributed by atoms with Crippen LogP contribution < -0.4 is 5.32 Å². The van der Waals surface area contributed by atoms with Gasteiger partial charge in [-0.2, -0.15) is 5.06 Å². The molecule has 19 heavy (non-hydrogen) atoms. The van der Waals surface area contributed by atoms with E-state index in [-0.39, 0.29) is 12.6 Å². The van der Waals surface area contributed by atoms with E-state index < -0.39 is 23.6 Å². The third-order valence-electron chi connectivity index (χ3n) is 2.61. The third-order valence-corrected chi connectivity index (χ3v) is 2.61. The molecular weight excluding hydrogens is 252 g/mol. The Hall–Kier alpha value is -1.34. The molecule has 0 saturated carbocycles. The first-order chi connectivity index (χ1) is 8.67. The zero-order valence-corrected chi connectivity index (χ0v) is 11.8. The highest BCUT2D eigenvalue weighted by atomic mass is 16.7. The van der Waals surface area contributed by atoms with Gasteiger partial charge in [0.25, 0.3) is 0 Å². The van der Waals surface area contributed by atoms with Crippen molar-refractivity contribution in [3.8, 4) is 0 Å². The van der Waals surface area contributed by atoms with E-state index in [0.717, 1.165) is 0 Å². The second kappa shape index (κ2) is 6.21. The summed E-state index contributed by atoms with van der Waals surface area (Å²) in [5.41, 5.74) is -0.585. The average molecular weight is 274 g/mol. The van der Waals surface area contributed by atoms with Crippen molar-refractivity contribution in [2.24, 2.45) is 5.92 Å². The van der Waals surface area contributed by atoms with Gasteiger partial charge in [0.15, 0.2) is 0 Å². The number of hydroxylamine groups is 2. The summed E-state index contributed by atoms with van der Waals surface area (Å²) < 4.78 is 5.14. The Morgan fingerprint density at radius 1 is 1.42 bits per heavy atom. The van der Waals surface area contributed by atoms with Gasteiger partial charge in [-0.15, -0.1) is 0 Å². The maximum absolute atomic E-state index is 11.6. The zero-order valence-electron chi connectivity index (χ0n) is 11.8. The Labute approximate surface area is 112 Å². The Kier molecular flexibility index (Phi) is 5.13. The van der Waals surface area contributed by atoms with Gasteiger partial charge in [0, 0.05) is 13.6 Å². The maximum atomic E-state index is 11.6. The van der Waals surface area contributed by atoms with Gasteiger partial charge in [0.2, 0.25) is 0 Å². The average Bonchev–Trinajstić information content (AvgIpc) is 2.38. The summed E-state index contributed by atoms with van der Waals surface area (Å²) in [6.45, 7) is 5.83. The van der Waals surface area contributed by atoms with Crippen LogP contribution in [0.5, 0.6) is 0 Å². The standard InChI is InChI=1S/C12H22N2O5/c1-12(2,3)19-11(17)13-9-5-8(10(15)16)6-14(4)18-7-9/h8-9H,5-7H2,1-4H3,(H,13,17)(H,15,16)/t8?,9-/m0/s1. The van der Waals surface area contributed by atoms with Crippen LogP contribution in [0.15, 0.2) is 0 Å². The molecule has 0 radical (unpaired) electrons. The van der Waals surface area contributed by atoms with Crippen molar-refractivity contribution in [2.45, 2.75) is 38.8 Å². The number of carboxylic acids is 1. The number of ether oxygens (including phenoxy) is 1. The minimum absolute atomic E-state index is 0.236. The van der Waals surface area contributed by atoms with Crippen LogP contribution in [0.2, 0.25) is 0 Å². The van der Waals surface area contributed by atoms with Crippen LogP contribution in [0, 0.1) is 5.92 Å². The van der Waals surface area contributed by atoms with Gasteiger partial charge in [0.05, 0.1) is 18.6 Å². The molecule has 110 valence electrons. The van der Waals surface area contributed by atoms with E-state index in [1.165, 1.54) is 5.06 Å². The van der Waals surface area contributed by atoms with Gasteiger partial charge in [-0.25, -0.2) is 4.79 Å². The molecule has 7 nitrogen and oxygen atoms in total. The summed E-state index contributed by atoms with van der Waals surface area (Å²) in [4.78, 5) is 28.1. The Morgan fingerprint density at radius 3 is 2.58 bits per heavy atom. The van der Waals surface area contributed by atoms with E-state index in [0.29, 0.717) is 13.0 Å². The third kappa shape index (κ3) is 5.89. The highest BCUT2D eigenvalue weighted by Crippen LogP contribution is 2.15. The number of carboxylic acid groups (broad SMARTS) is 1. The van der Waals surface area contributed by atoms with Crippen LogP contribution in [0.4, 0.5) is 4.79 Å². The van der Waals surface area contributed by atoms with Gasteiger partial charge in [-0.3, -0.25) is 9.63 Å². The topological polar surface area (TPSA) is 88.1 Å². The molecule has 7 heteroatoms. The van der Waals surface area contributed by atoms with Crippen molar-refractivity contribution in [1.82, 2.24) is 10.4 Å². The van der Waals surface area contributed by atoms with Crippen molar-refractivity contribution in [3.63, 3.8) is 0 Å².